The van der Waals surface area contributed by atoms with E-state index in [2.05, 4.69) is 29.2 Å². The van der Waals surface area contributed by atoms with Crippen molar-refractivity contribution < 1.29 is 9.53 Å². The second-order valence-corrected chi connectivity index (χ2v) is 7.63. The largest absolute Gasteiger partial charge is 0.484 e. The van der Waals surface area contributed by atoms with Crippen LogP contribution in [0.3, 0.4) is 0 Å². The lowest BCUT2D eigenvalue weighted by molar-refractivity contribution is -0.134. The number of ether oxygens (including phenoxy) is 1. The van der Waals surface area contributed by atoms with Crippen molar-refractivity contribution in [2.24, 2.45) is 0 Å². The topological polar surface area (TPSA) is 45.7 Å². The number of carbonyl (C=O) groups excluding carboxylic acids is 1. The van der Waals surface area contributed by atoms with Crippen molar-refractivity contribution in [2.75, 3.05) is 32.1 Å². The second kappa shape index (κ2) is 10.6. The van der Waals surface area contributed by atoms with Gasteiger partial charge in [-0.15, -0.1) is 0 Å². The summed E-state index contributed by atoms with van der Waals surface area (Å²) < 4.78 is 5.67. The van der Waals surface area contributed by atoms with Crippen LogP contribution in [0.5, 0.6) is 5.75 Å². The first-order valence-electron chi connectivity index (χ1n) is 9.83. The first-order chi connectivity index (χ1) is 14.5. The third kappa shape index (κ3) is 6.49. The average Bonchev–Trinajstić information content (AvgIpc) is 2.77. The number of benzene rings is 2. The van der Waals surface area contributed by atoms with Crippen molar-refractivity contribution >= 4 is 23.2 Å². The number of amides is 1. The van der Waals surface area contributed by atoms with Crippen LogP contribution < -0.4 is 9.64 Å². The molecule has 0 atom stereocenters. The molecule has 0 bridgehead atoms. The van der Waals surface area contributed by atoms with Crippen molar-refractivity contribution in [3.05, 3.63) is 89.2 Å². The minimum absolute atomic E-state index is 0.0281. The van der Waals surface area contributed by atoms with Gasteiger partial charge in [-0.2, -0.15) is 0 Å². The van der Waals surface area contributed by atoms with Gasteiger partial charge in [-0.05, 0) is 54.1 Å². The Labute approximate surface area is 182 Å². The SMILES string of the molecule is CN(C)c1ccc(CN(CCc2ccccn2)C(=O)COc2ccc(Cl)cc2)cc1. The molecule has 30 heavy (non-hydrogen) atoms. The first-order valence-corrected chi connectivity index (χ1v) is 10.2. The Morgan fingerprint density at radius 1 is 1.00 bits per heavy atom. The van der Waals surface area contributed by atoms with E-state index in [1.165, 1.54) is 0 Å². The summed E-state index contributed by atoms with van der Waals surface area (Å²) in [5, 5.41) is 0.631. The van der Waals surface area contributed by atoms with E-state index >= 15 is 0 Å². The fraction of sp³-hybridized carbons (Fsp3) is 0.250. The molecule has 3 rings (SSSR count). The Morgan fingerprint density at radius 3 is 2.37 bits per heavy atom. The Kier molecular flexibility index (Phi) is 7.69. The van der Waals surface area contributed by atoms with Crippen molar-refractivity contribution in [1.82, 2.24) is 9.88 Å². The molecule has 1 amide bonds. The van der Waals surface area contributed by atoms with Gasteiger partial charge in [0.15, 0.2) is 6.61 Å². The molecule has 1 aromatic heterocycles. The number of carbonyl (C=O) groups is 1. The minimum atomic E-state index is -0.0717. The molecule has 0 unspecified atom stereocenters. The molecule has 0 radical (unpaired) electrons. The van der Waals surface area contributed by atoms with Gasteiger partial charge < -0.3 is 14.5 Å². The van der Waals surface area contributed by atoms with Gasteiger partial charge >= 0.3 is 0 Å². The van der Waals surface area contributed by atoms with E-state index in [4.69, 9.17) is 16.3 Å². The van der Waals surface area contributed by atoms with Crippen LogP contribution in [0.4, 0.5) is 5.69 Å². The number of nitrogens with zero attached hydrogens (tertiary/aromatic N) is 3. The Bertz CT molecular complexity index is 929. The monoisotopic (exact) mass is 423 g/mol. The molecule has 156 valence electrons. The van der Waals surface area contributed by atoms with E-state index < -0.39 is 0 Å². The van der Waals surface area contributed by atoms with Crippen LogP contribution in [0.1, 0.15) is 11.3 Å². The lowest BCUT2D eigenvalue weighted by atomic mass is 10.1. The number of anilines is 1. The van der Waals surface area contributed by atoms with Gasteiger partial charge in [0.1, 0.15) is 5.75 Å². The zero-order valence-electron chi connectivity index (χ0n) is 17.3. The maximum atomic E-state index is 12.9. The Hall–Kier alpha value is -3.05. The van der Waals surface area contributed by atoms with E-state index in [1.807, 2.05) is 42.1 Å². The summed E-state index contributed by atoms with van der Waals surface area (Å²) in [5.41, 5.74) is 3.15. The molecule has 0 aliphatic carbocycles. The maximum Gasteiger partial charge on any atom is 0.260 e. The molecule has 5 nitrogen and oxygen atoms in total. The minimum Gasteiger partial charge on any atom is -0.484 e. The highest BCUT2D eigenvalue weighted by molar-refractivity contribution is 6.30. The highest BCUT2D eigenvalue weighted by Gasteiger charge is 2.15. The molecule has 2 aromatic carbocycles. The first kappa shape index (κ1) is 21.7. The molecule has 0 saturated heterocycles. The summed E-state index contributed by atoms with van der Waals surface area (Å²) in [4.78, 5) is 21.2. The smallest absolute Gasteiger partial charge is 0.260 e. The van der Waals surface area contributed by atoms with Crippen molar-refractivity contribution in [2.45, 2.75) is 13.0 Å². The van der Waals surface area contributed by atoms with Crippen LogP contribution in [0.25, 0.3) is 0 Å². The summed E-state index contributed by atoms with van der Waals surface area (Å²) >= 11 is 5.91. The van der Waals surface area contributed by atoms with Gasteiger partial charge in [0.05, 0.1) is 0 Å². The number of halogens is 1. The fourth-order valence-corrected chi connectivity index (χ4v) is 3.10. The quantitative estimate of drug-likeness (QED) is 0.510. The molecule has 0 aliphatic rings. The van der Waals surface area contributed by atoms with Gasteiger partial charge in [0.2, 0.25) is 0 Å². The maximum absolute atomic E-state index is 12.9. The second-order valence-electron chi connectivity index (χ2n) is 7.19. The van der Waals surface area contributed by atoms with E-state index in [-0.39, 0.29) is 12.5 Å². The standard InChI is InChI=1S/C24H26ClN3O2/c1-27(2)22-10-6-19(7-11-22)17-28(16-14-21-5-3-4-15-26-21)24(29)18-30-23-12-8-20(25)9-13-23/h3-13,15H,14,16-18H2,1-2H3. The molecule has 0 aliphatic heterocycles. The van der Waals surface area contributed by atoms with Gasteiger partial charge in [-0.3, -0.25) is 9.78 Å². The van der Waals surface area contributed by atoms with Gasteiger partial charge in [0.25, 0.3) is 5.91 Å². The molecular formula is C24H26ClN3O2. The van der Waals surface area contributed by atoms with Crippen LogP contribution in [0.15, 0.2) is 72.9 Å². The van der Waals surface area contributed by atoms with Gasteiger partial charge in [-0.1, -0.05) is 29.8 Å². The molecule has 6 heteroatoms. The molecular weight excluding hydrogens is 398 g/mol. The third-order valence-electron chi connectivity index (χ3n) is 4.72. The van der Waals surface area contributed by atoms with E-state index in [0.717, 1.165) is 16.9 Å². The normalized spacial score (nSPS) is 10.5. The fourth-order valence-electron chi connectivity index (χ4n) is 2.97. The molecule has 0 spiro atoms. The summed E-state index contributed by atoms with van der Waals surface area (Å²) in [5.74, 6) is 0.547. The summed E-state index contributed by atoms with van der Waals surface area (Å²) in [6, 6.07) is 21.0. The number of hydrogen-bond acceptors (Lipinski definition) is 4. The predicted octanol–water partition coefficient (Wildman–Crippen LogP) is 4.45. The van der Waals surface area contributed by atoms with Crippen LogP contribution in [0.2, 0.25) is 5.02 Å². The number of hydrogen-bond donors (Lipinski definition) is 0. The van der Waals surface area contributed by atoms with Crippen molar-refractivity contribution in [1.29, 1.82) is 0 Å². The molecule has 0 saturated carbocycles. The van der Waals surface area contributed by atoms with Crippen LogP contribution in [-0.2, 0) is 17.8 Å². The summed E-state index contributed by atoms with van der Waals surface area (Å²) in [6.07, 6.45) is 2.45. The zero-order chi connectivity index (χ0) is 21.3. The summed E-state index contributed by atoms with van der Waals surface area (Å²) in [6.45, 7) is 1.05. The molecule has 0 fully saturated rings. The van der Waals surface area contributed by atoms with Gasteiger partial charge in [-0.25, -0.2) is 0 Å². The molecule has 1 heterocycles. The van der Waals surface area contributed by atoms with Crippen LogP contribution in [-0.4, -0.2) is 43.0 Å². The Balaban J connectivity index is 1.67. The number of rotatable bonds is 9. The van der Waals surface area contributed by atoms with Crippen molar-refractivity contribution in [3.63, 3.8) is 0 Å². The lowest BCUT2D eigenvalue weighted by Crippen LogP contribution is -2.36. The van der Waals surface area contributed by atoms with E-state index in [0.29, 0.717) is 30.3 Å². The van der Waals surface area contributed by atoms with Crippen molar-refractivity contribution in [3.8, 4) is 5.75 Å². The van der Waals surface area contributed by atoms with E-state index in [9.17, 15) is 4.79 Å². The van der Waals surface area contributed by atoms with Crippen LogP contribution in [0, 0.1) is 0 Å². The molecule has 3 aromatic rings. The van der Waals surface area contributed by atoms with E-state index in [1.54, 1.807) is 30.5 Å². The molecule has 0 N–H and O–H groups in total. The lowest BCUT2D eigenvalue weighted by Gasteiger charge is -2.23. The highest BCUT2D eigenvalue weighted by atomic mass is 35.5. The average molecular weight is 424 g/mol. The Morgan fingerprint density at radius 2 is 1.73 bits per heavy atom. The number of pyridine rings is 1. The number of aromatic nitrogens is 1. The van der Waals surface area contributed by atoms with Gasteiger partial charge in [0, 0.05) is 56.2 Å². The van der Waals surface area contributed by atoms with Crippen LogP contribution >= 0.6 is 11.6 Å². The zero-order valence-corrected chi connectivity index (χ0v) is 18.0. The predicted molar refractivity (Wildman–Crippen MR) is 121 cm³/mol. The highest BCUT2D eigenvalue weighted by Crippen LogP contribution is 2.17. The summed E-state index contributed by atoms with van der Waals surface area (Å²) in [7, 11) is 4.01. The third-order valence-corrected chi connectivity index (χ3v) is 4.97.